The fourth-order valence-electron chi connectivity index (χ4n) is 1.07. The van der Waals surface area contributed by atoms with Gasteiger partial charge in [-0.3, -0.25) is 9.79 Å². The maximum atomic E-state index is 10.8. The number of hydrogen-bond acceptors (Lipinski definition) is 5. The molecule has 0 bridgehead atoms. The van der Waals surface area contributed by atoms with E-state index in [0.29, 0.717) is 5.96 Å². The van der Waals surface area contributed by atoms with E-state index in [4.69, 9.17) is 0 Å². The van der Waals surface area contributed by atoms with Crippen LogP contribution in [0.2, 0.25) is 0 Å². The van der Waals surface area contributed by atoms with E-state index in [1.54, 1.807) is 0 Å². The van der Waals surface area contributed by atoms with E-state index in [9.17, 15) is 4.79 Å². The molecule has 0 amide bonds. The van der Waals surface area contributed by atoms with Crippen LogP contribution in [0.3, 0.4) is 0 Å². The molecule has 1 heterocycles. The summed E-state index contributed by atoms with van der Waals surface area (Å²) in [4.78, 5) is 15.1. The number of nitrogens with one attached hydrogen (secondary N) is 2. The zero-order valence-electron chi connectivity index (χ0n) is 8.89. The Kier molecular flexibility index (Phi) is 3.33. The van der Waals surface area contributed by atoms with E-state index in [0.717, 1.165) is 13.1 Å². The van der Waals surface area contributed by atoms with Crippen LogP contribution in [0.1, 0.15) is 13.8 Å². The molecule has 0 aromatic rings. The molecule has 1 aliphatic heterocycles. The quantitative estimate of drug-likeness (QED) is 0.601. The summed E-state index contributed by atoms with van der Waals surface area (Å²) in [6.45, 7) is 6.06. The molecule has 0 spiro atoms. The molecule has 0 fully saturated rings. The number of carbonyl (C=O) groups is 1. The number of rotatable bonds is 2. The Morgan fingerprint density at radius 1 is 1.71 bits per heavy atom. The number of carbonyl (C=O) groups excluding carboxylic acids is 1. The number of esters is 1. The standard InChI is InChI=1S/C9H17N3O2/c1-9(2)5-11-8(12-6-9)10-4-7(13)14-3/h4-6H2,1-3H3,(H2,10,11,12). The first kappa shape index (κ1) is 10.8. The van der Waals surface area contributed by atoms with Gasteiger partial charge in [0.05, 0.1) is 7.11 Å². The number of guanidine groups is 1. The third-order valence-corrected chi connectivity index (χ3v) is 2.03. The van der Waals surface area contributed by atoms with Gasteiger partial charge in [-0.2, -0.15) is 0 Å². The Balaban J connectivity index is 2.34. The van der Waals surface area contributed by atoms with Gasteiger partial charge in [0.2, 0.25) is 0 Å². The number of nitrogens with zero attached hydrogens (tertiary/aromatic N) is 1. The van der Waals surface area contributed by atoms with E-state index in [1.165, 1.54) is 7.11 Å². The molecular formula is C9H17N3O2. The lowest BCUT2D eigenvalue weighted by Crippen LogP contribution is -2.48. The Labute approximate surface area is 83.9 Å². The van der Waals surface area contributed by atoms with Gasteiger partial charge in [0.15, 0.2) is 5.96 Å². The minimum Gasteiger partial charge on any atom is -0.468 e. The first-order valence-electron chi connectivity index (χ1n) is 4.62. The maximum Gasteiger partial charge on any atom is 0.325 e. The van der Waals surface area contributed by atoms with Crippen molar-refractivity contribution in [2.24, 2.45) is 10.4 Å². The van der Waals surface area contributed by atoms with Gasteiger partial charge in [-0.25, -0.2) is 0 Å². The highest BCUT2D eigenvalue weighted by Crippen LogP contribution is 2.15. The predicted molar refractivity (Wildman–Crippen MR) is 54.1 cm³/mol. The molecular weight excluding hydrogens is 182 g/mol. The van der Waals surface area contributed by atoms with Crippen LogP contribution in [0, 0.1) is 5.41 Å². The molecule has 1 aliphatic rings. The third-order valence-electron chi connectivity index (χ3n) is 2.03. The summed E-state index contributed by atoms with van der Waals surface area (Å²) in [7, 11) is 1.36. The molecule has 0 atom stereocenters. The van der Waals surface area contributed by atoms with Crippen LogP contribution >= 0.6 is 0 Å². The van der Waals surface area contributed by atoms with Crippen molar-refractivity contribution in [3.8, 4) is 0 Å². The van der Waals surface area contributed by atoms with Crippen LogP contribution in [0.15, 0.2) is 4.99 Å². The fraction of sp³-hybridized carbons (Fsp3) is 0.778. The average molecular weight is 199 g/mol. The van der Waals surface area contributed by atoms with Gasteiger partial charge in [0, 0.05) is 18.5 Å². The Hall–Kier alpha value is -1.26. The zero-order valence-corrected chi connectivity index (χ0v) is 8.89. The van der Waals surface area contributed by atoms with Crippen molar-refractivity contribution in [1.29, 1.82) is 0 Å². The Morgan fingerprint density at radius 3 is 2.93 bits per heavy atom. The summed E-state index contributed by atoms with van der Waals surface area (Å²) in [5.41, 5.74) is 0.191. The second-order valence-electron chi connectivity index (χ2n) is 4.11. The fourth-order valence-corrected chi connectivity index (χ4v) is 1.07. The Bertz CT molecular complexity index is 248. The van der Waals surface area contributed by atoms with Gasteiger partial charge < -0.3 is 15.4 Å². The van der Waals surface area contributed by atoms with Gasteiger partial charge in [0.1, 0.15) is 6.54 Å². The van der Waals surface area contributed by atoms with Crippen LogP contribution in [-0.2, 0) is 9.53 Å². The van der Waals surface area contributed by atoms with E-state index < -0.39 is 0 Å². The molecule has 5 heteroatoms. The highest BCUT2D eigenvalue weighted by Gasteiger charge is 2.22. The van der Waals surface area contributed by atoms with Crippen molar-refractivity contribution < 1.29 is 9.53 Å². The summed E-state index contributed by atoms with van der Waals surface area (Å²) < 4.78 is 4.50. The van der Waals surface area contributed by atoms with E-state index in [1.807, 2.05) is 0 Å². The van der Waals surface area contributed by atoms with Crippen molar-refractivity contribution in [2.45, 2.75) is 13.8 Å². The van der Waals surface area contributed by atoms with Crippen molar-refractivity contribution in [2.75, 3.05) is 26.7 Å². The monoisotopic (exact) mass is 199 g/mol. The topological polar surface area (TPSA) is 62.7 Å². The molecule has 0 aromatic heterocycles. The third kappa shape index (κ3) is 3.24. The first-order chi connectivity index (χ1) is 6.53. The Morgan fingerprint density at radius 2 is 2.43 bits per heavy atom. The number of ether oxygens (including phenoxy) is 1. The highest BCUT2D eigenvalue weighted by molar-refractivity contribution is 5.84. The van der Waals surface area contributed by atoms with E-state index in [-0.39, 0.29) is 17.9 Å². The smallest absolute Gasteiger partial charge is 0.325 e. The summed E-state index contributed by atoms with van der Waals surface area (Å²) in [5.74, 6) is 0.383. The summed E-state index contributed by atoms with van der Waals surface area (Å²) >= 11 is 0. The number of methoxy groups -OCH3 is 1. The van der Waals surface area contributed by atoms with Gasteiger partial charge >= 0.3 is 5.97 Å². The van der Waals surface area contributed by atoms with Crippen LogP contribution < -0.4 is 10.6 Å². The molecule has 0 aromatic carbocycles. The normalized spacial score (nSPS) is 19.2. The maximum absolute atomic E-state index is 10.8. The van der Waals surface area contributed by atoms with Crippen molar-refractivity contribution in [3.05, 3.63) is 0 Å². The SMILES string of the molecule is COC(=O)CNC1=NCC(C)(C)CN1. The lowest BCUT2D eigenvalue weighted by molar-refractivity contribution is -0.139. The predicted octanol–water partition coefficient (Wildman–Crippen LogP) is -0.266. The molecule has 0 aliphatic carbocycles. The average Bonchev–Trinajstić information content (AvgIpc) is 2.16. The zero-order chi connectivity index (χ0) is 10.6. The minimum atomic E-state index is -0.292. The van der Waals surface area contributed by atoms with Crippen LogP contribution in [0.5, 0.6) is 0 Å². The second-order valence-corrected chi connectivity index (χ2v) is 4.11. The minimum absolute atomic E-state index is 0.156. The van der Waals surface area contributed by atoms with E-state index >= 15 is 0 Å². The highest BCUT2D eigenvalue weighted by atomic mass is 16.5. The summed E-state index contributed by atoms with van der Waals surface area (Å²) in [6.07, 6.45) is 0. The second kappa shape index (κ2) is 4.30. The van der Waals surface area contributed by atoms with Crippen molar-refractivity contribution in [3.63, 3.8) is 0 Å². The van der Waals surface area contributed by atoms with E-state index in [2.05, 4.69) is 34.2 Å². The number of hydrogen-bond donors (Lipinski definition) is 2. The van der Waals surface area contributed by atoms with Crippen molar-refractivity contribution >= 4 is 11.9 Å². The summed E-state index contributed by atoms with van der Waals surface area (Å²) in [6, 6.07) is 0. The molecule has 0 radical (unpaired) electrons. The van der Waals surface area contributed by atoms with Gasteiger partial charge in [-0.15, -0.1) is 0 Å². The summed E-state index contributed by atoms with van der Waals surface area (Å²) in [5, 5.41) is 5.99. The lowest BCUT2D eigenvalue weighted by atomic mass is 9.93. The molecule has 5 nitrogen and oxygen atoms in total. The van der Waals surface area contributed by atoms with Gasteiger partial charge in [-0.05, 0) is 0 Å². The van der Waals surface area contributed by atoms with Gasteiger partial charge in [-0.1, -0.05) is 13.8 Å². The lowest BCUT2D eigenvalue weighted by Gasteiger charge is -2.29. The largest absolute Gasteiger partial charge is 0.468 e. The van der Waals surface area contributed by atoms with Crippen molar-refractivity contribution in [1.82, 2.24) is 10.6 Å². The van der Waals surface area contributed by atoms with Crippen LogP contribution in [0.4, 0.5) is 0 Å². The molecule has 0 saturated heterocycles. The molecule has 0 saturated carbocycles. The molecule has 2 N–H and O–H groups in total. The molecule has 1 rings (SSSR count). The molecule has 0 unspecified atom stereocenters. The van der Waals surface area contributed by atoms with Gasteiger partial charge in [0.25, 0.3) is 0 Å². The molecule has 80 valence electrons. The first-order valence-corrected chi connectivity index (χ1v) is 4.62. The van der Waals surface area contributed by atoms with Crippen LogP contribution in [-0.4, -0.2) is 38.7 Å². The molecule has 14 heavy (non-hydrogen) atoms. The number of aliphatic imine (C=N–C) groups is 1. The van der Waals surface area contributed by atoms with Crippen LogP contribution in [0.25, 0.3) is 0 Å².